The minimum absolute atomic E-state index is 0.181. The molecule has 1 heterocycles. The topological polar surface area (TPSA) is 29.1 Å². The third kappa shape index (κ3) is 4.62. The molecule has 1 amide bonds. The van der Waals surface area contributed by atoms with Gasteiger partial charge in [0, 0.05) is 12.1 Å². The fraction of sp³-hybridized carbons (Fsp3) is 0.700. The highest BCUT2D eigenvalue weighted by Crippen LogP contribution is 2.29. The molecule has 0 saturated carbocycles. The van der Waals surface area contributed by atoms with Crippen molar-refractivity contribution in [3.63, 3.8) is 0 Å². The summed E-state index contributed by atoms with van der Waals surface area (Å²) in [5.41, 5.74) is 1.06. The first kappa shape index (κ1) is 13.1. The lowest BCUT2D eigenvalue weighted by atomic mass is 9.83. The Balaban J connectivity index is 0.000000245. The average Bonchev–Trinajstić information content (AvgIpc) is 2.18. The molecule has 1 unspecified atom stereocenters. The van der Waals surface area contributed by atoms with Gasteiger partial charge in [-0.05, 0) is 31.6 Å². The summed E-state index contributed by atoms with van der Waals surface area (Å²) in [6, 6.07) is 0. The van der Waals surface area contributed by atoms with Crippen molar-refractivity contribution in [2.45, 2.75) is 30.0 Å². The van der Waals surface area contributed by atoms with Crippen molar-refractivity contribution in [3.8, 4) is 0 Å². The van der Waals surface area contributed by atoms with E-state index in [1.54, 1.807) is 0 Å². The quantitative estimate of drug-likeness (QED) is 0.673. The predicted octanol–water partition coefficient (Wildman–Crippen LogP) is 3.22. The monoisotopic (exact) mass is 269 g/mol. The number of nitrogens with one attached hydrogen (secondary N) is 1. The first-order chi connectivity index (χ1) is 7.11. The van der Waals surface area contributed by atoms with E-state index in [0.29, 0.717) is 5.92 Å². The van der Waals surface area contributed by atoms with Crippen LogP contribution in [0, 0.1) is 5.92 Å². The summed E-state index contributed by atoms with van der Waals surface area (Å²) >= 11 is 14.4. The van der Waals surface area contributed by atoms with Crippen LogP contribution in [-0.2, 0) is 4.79 Å². The molecule has 0 aromatic rings. The molecule has 2 rings (SSSR count). The molecule has 86 valence electrons. The fourth-order valence-electron chi connectivity index (χ4n) is 1.98. The lowest BCUT2D eigenvalue weighted by Gasteiger charge is -2.27. The molecule has 2 nitrogen and oxygen atoms in total. The SMILES string of the molecule is ClC(Cl)Cl.O=C1NCCC2CCCC=C12. The zero-order chi connectivity index (χ0) is 11.3. The van der Waals surface area contributed by atoms with Crippen molar-refractivity contribution in [1.29, 1.82) is 0 Å². The maximum atomic E-state index is 11.2. The van der Waals surface area contributed by atoms with E-state index < -0.39 is 4.30 Å². The number of fused-ring (bicyclic) bond motifs is 1. The number of hydrogen-bond acceptors (Lipinski definition) is 1. The van der Waals surface area contributed by atoms with Crippen LogP contribution in [-0.4, -0.2) is 16.7 Å². The summed E-state index contributed by atoms with van der Waals surface area (Å²) in [5.74, 6) is 0.762. The highest BCUT2D eigenvalue weighted by atomic mass is 35.6. The van der Waals surface area contributed by atoms with E-state index in [1.165, 1.54) is 12.8 Å². The Hall–Kier alpha value is 0.0800. The molecule has 15 heavy (non-hydrogen) atoms. The largest absolute Gasteiger partial charge is 0.352 e. The van der Waals surface area contributed by atoms with Crippen molar-refractivity contribution in [1.82, 2.24) is 5.32 Å². The standard InChI is InChI=1S/C9H13NO.CHCl3/c11-9-8-4-2-1-3-7(8)5-6-10-9;2-1(3)4/h4,7H,1-3,5-6H2,(H,10,11);1H. The molecule has 1 aliphatic carbocycles. The molecule has 1 fully saturated rings. The van der Waals surface area contributed by atoms with Crippen molar-refractivity contribution >= 4 is 40.7 Å². The minimum Gasteiger partial charge on any atom is -0.352 e. The summed E-state index contributed by atoms with van der Waals surface area (Å²) in [4.78, 5) is 11.2. The molecule has 0 bridgehead atoms. The van der Waals surface area contributed by atoms with E-state index in [0.717, 1.165) is 25.0 Å². The first-order valence-electron chi connectivity index (χ1n) is 5.01. The Morgan fingerprint density at radius 1 is 1.33 bits per heavy atom. The van der Waals surface area contributed by atoms with Gasteiger partial charge in [0.15, 0.2) is 4.30 Å². The minimum atomic E-state index is -0.750. The second kappa shape index (κ2) is 6.62. The number of amides is 1. The Morgan fingerprint density at radius 3 is 2.60 bits per heavy atom. The van der Waals surface area contributed by atoms with Gasteiger partial charge in [-0.1, -0.05) is 40.9 Å². The van der Waals surface area contributed by atoms with Crippen molar-refractivity contribution < 1.29 is 4.79 Å². The van der Waals surface area contributed by atoms with Gasteiger partial charge in [0.25, 0.3) is 0 Å². The predicted molar refractivity (Wildman–Crippen MR) is 64.4 cm³/mol. The van der Waals surface area contributed by atoms with E-state index >= 15 is 0 Å². The lowest BCUT2D eigenvalue weighted by Crippen LogP contribution is -2.36. The van der Waals surface area contributed by atoms with Crippen LogP contribution < -0.4 is 5.32 Å². The number of halogens is 3. The normalized spacial score (nSPS) is 24.7. The van der Waals surface area contributed by atoms with Crippen LogP contribution in [0.1, 0.15) is 25.7 Å². The molecule has 0 aromatic heterocycles. The van der Waals surface area contributed by atoms with E-state index in [4.69, 9.17) is 34.8 Å². The van der Waals surface area contributed by atoms with Gasteiger partial charge in [-0.15, -0.1) is 0 Å². The van der Waals surface area contributed by atoms with Gasteiger partial charge in [0.1, 0.15) is 0 Å². The molecule has 1 aliphatic heterocycles. The Labute approximate surface area is 105 Å². The summed E-state index contributed by atoms with van der Waals surface area (Å²) < 4.78 is -0.750. The van der Waals surface area contributed by atoms with Gasteiger partial charge in [-0.25, -0.2) is 0 Å². The molecule has 1 N–H and O–H groups in total. The third-order valence-corrected chi connectivity index (χ3v) is 2.60. The van der Waals surface area contributed by atoms with Gasteiger partial charge in [-0.2, -0.15) is 0 Å². The summed E-state index contributed by atoms with van der Waals surface area (Å²) in [5, 5.41) is 2.87. The number of carbonyl (C=O) groups excluding carboxylic acids is 1. The molecule has 1 atom stereocenters. The van der Waals surface area contributed by atoms with Crippen LogP contribution in [0.2, 0.25) is 0 Å². The number of hydrogen-bond donors (Lipinski definition) is 1. The number of piperidine rings is 1. The summed E-state index contributed by atoms with van der Waals surface area (Å²) in [6.45, 7) is 0.876. The van der Waals surface area contributed by atoms with Crippen LogP contribution in [0.5, 0.6) is 0 Å². The van der Waals surface area contributed by atoms with Gasteiger partial charge in [-0.3, -0.25) is 4.79 Å². The maximum absolute atomic E-state index is 11.2. The van der Waals surface area contributed by atoms with Crippen LogP contribution in [0.3, 0.4) is 0 Å². The number of alkyl halides is 3. The molecular weight excluding hydrogens is 256 g/mol. The Morgan fingerprint density at radius 2 is 2.00 bits per heavy atom. The molecule has 2 aliphatic rings. The summed E-state index contributed by atoms with van der Waals surface area (Å²) in [7, 11) is 0. The van der Waals surface area contributed by atoms with Gasteiger partial charge < -0.3 is 5.32 Å². The van der Waals surface area contributed by atoms with Crippen molar-refractivity contribution in [2.75, 3.05) is 6.54 Å². The highest BCUT2D eigenvalue weighted by Gasteiger charge is 2.26. The van der Waals surface area contributed by atoms with E-state index in [-0.39, 0.29) is 5.91 Å². The first-order valence-corrected chi connectivity index (χ1v) is 6.32. The second-order valence-electron chi connectivity index (χ2n) is 3.58. The van der Waals surface area contributed by atoms with E-state index in [2.05, 4.69) is 11.4 Å². The van der Waals surface area contributed by atoms with Crippen LogP contribution in [0.4, 0.5) is 0 Å². The Bertz CT molecular complexity index is 250. The molecule has 5 heteroatoms. The van der Waals surface area contributed by atoms with Crippen LogP contribution in [0.15, 0.2) is 11.6 Å². The van der Waals surface area contributed by atoms with Gasteiger partial charge in [0.2, 0.25) is 5.91 Å². The van der Waals surface area contributed by atoms with Crippen molar-refractivity contribution in [3.05, 3.63) is 11.6 Å². The summed E-state index contributed by atoms with van der Waals surface area (Å²) in [6.07, 6.45) is 6.85. The number of rotatable bonds is 0. The number of carbonyl (C=O) groups is 1. The number of allylic oxidation sites excluding steroid dienone is 1. The molecule has 1 saturated heterocycles. The second-order valence-corrected chi connectivity index (χ2v) is 5.56. The Kier molecular flexibility index (Phi) is 5.80. The fourth-order valence-corrected chi connectivity index (χ4v) is 1.98. The highest BCUT2D eigenvalue weighted by molar-refractivity contribution is 6.63. The molecular formula is C10H14Cl3NO. The van der Waals surface area contributed by atoms with Gasteiger partial charge in [0.05, 0.1) is 0 Å². The molecule has 0 spiro atoms. The van der Waals surface area contributed by atoms with Crippen LogP contribution in [0.25, 0.3) is 0 Å². The van der Waals surface area contributed by atoms with Gasteiger partial charge >= 0.3 is 0 Å². The maximum Gasteiger partial charge on any atom is 0.247 e. The zero-order valence-electron chi connectivity index (χ0n) is 8.31. The zero-order valence-corrected chi connectivity index (χ0v) is 10.6. The van der Waals surface area contributed by atoms with E-state index in [1.807, 2.05) is 0 Å². The lowest BCUT2D eigenvalue weighted by molar-refractivity contribution is -0.119. The van der Waals surface area contributed by atoms with Crippen LogP contribution >= 0.6 is 34.8 Å². The molecule has 0 aromatic carbocycles. The van der Waals surface area contributed by atoms with Crippen molar-refractivity contribution in [2.24, 2.45) is 5.92 Å². The average molecular weight is 271 g/mol. The third-order valence-electron chi connectivity index (χ3n) is 2.60. The molecule has 0 radical (unpaired) electrons. The smallest absolute Gasteiger partial charge is 0.247 e. The van der Waals surface area contributed by atoms with E-state index in [9.17, 15) is 4.79 Å².